The van der Waals surface area contributed by atoms with E-state index in [-0.39, 0.29) is 12.1 Å². The number of piperidine rings is 1. The van der Waals surface area contributed by atoms with Gasteiger partial charge >= 0.3 is 6.09 Å². The van der Waals surface area contributed by atoms with Gasteiger partial charge in [-0.3, -0.25) is 9.97 Å². The Labute approximate surface area is 182 Å². The van der Waals surface area contributed by atoms with Gasteiger partial charge in [0.2, 0.25) is 5.95 Å². The van der Waals surface area contributed by atoms with Crippen LogP contribution in [-0.2, 0) is 11.3 Å². The summed E-state index contributed by atoms with van der Waals surface area (Å²) in [6.45, 7) is 9.54. The first-order valence-corrected chi connectivity index (χ1v) is 10.8. The minimum atomic E-state index is -0.476. The summed E-state index contributed by atoms with van der Waals surface area (Å²) in [7, 11) is 0. The minimum Gasteiger partial charge on any atom is -0.444 e. The lowest BCUT2D eigenvalue weighted by atomic mass is 10.1. The third-order valence-corrected chi connectivity index (χ3v) is 5.26. The van der Waals surface area contributed by atoms with Gasteiger partial charge < -0.3 is 19.5 Å². The van der Waals surface area contributed by atoms with E-state index in [0.717, 1.165) is 41.2 Å². The minimum absolute atomic E-state index is 0.234. The zero-order valence-electron chi connectivity index (χ0n) is 18.6. The predicted octanol–water partition coefficient (Wildman–Crippen LogP) is 3.99. The van der Waals surface area contributed by atoms with E-state index in [1.807, 2.05) is 45.9 Å². The number of hydrogen-bond acceptors (Lipinski definition) is 6. The summed E-state index contributed by atoms with van der Waals surface area (Å²) < 4.78 is 7.65. The second-order valence-electron chi connectivity index (χ2n) is 9.05. The van der Waals surface area contributed by atoms with Gasteiger partial charge in [-0.1, -0.05) is 12.1 Å². The van der Waals surface area contributed by atoms with Crippen LogP contribution < -0.4 is 5.32 Å². The lowest BCUT2D eigenvalue weighted by Crippen LogP contribution is -2.44. The lowest BCUT2D eigenvalue weighted by molar-refractivity contribution is 0.0210. The van der Waals surface area contributed by atoms with Crippen molar-refractivity contribution in [2.24, 2.45) is 0 Å². The molecule has 0 aliphatic carbocycles. The molecule has 164 valence electrons. The van der Waals surface area contributed by atoms with Crippen LogP contribution in [0.4, 0.5) is 10.7 Å². The molecule has 1 fully saturated rings. The Kier molecular flexibility index (Phi) is 5.80. The Morgan fingerprint density at radius 1 is 1.16 bits per heavy atom. The molecule has 0 spiro atoms. The lowest BCUT2D eigenvalue weighted by Gasteiger charge is -2.33. The summed E-state index contributed by atoms with van der Waals surface area (Å²) in [6.07, 6.45) is 4.99. The molecule has 8 nitrogen and oxygen atoms in total. The fourth-order valence-electron chi connectivity index (χ4n) is 3.81. The van der Waals surface area contributed by atoms with E-state index in [9.17, 15) is 4.79 Å². The van der Waals surface area contributed by atoms with E-state index in [1.165, 1.54) is 0 Å². The van der Waals surface area contributed by atoms with Crippen molar-refractivity contribution < 1.29 is 9.53 Å². The number of nitrogens with one attached hydrogen (secondary N) is 1. The number of hydrogen-bond donors (Lipinski definition) is 1. The fourth-order valence-corrected chi connectivity index (χ4v) is 3.81. The van der Waals surface area contributed by atoms with Crippen molar-refractivity contribution in [2.75, 3.05) is 18.4 Å². The van der Waals surface area contributed by atoms with E-state index < -0.39 is 5.60 Å². The second kappa shape index (κ2) is 8.53. The van der Waals surface area contributed by atoms with Gasteiger partial charge in [0.05, 0.1) is 35.2 Å². The van der Waals surface area contributed by atoms with Crippen molar-refractivity contribution in [1.29, 1.82) is 0 Å². The number of anilines is 1. The van der Waals surface area contributed by atoms with Crippen molar-refractivity contribution in [2.45, 2.75) is 58.7 Å². The largest absolute Gasteiger partial charge is 0.444 e. The predicted molar refractivity (Wildman–Crippen MR) is 120 cm³/mol. The number of aryl methyl sites for hydroxylation is 1. The van der Waals surface area contributed by atoms with Crippen LogP contribution >= 0.6 is 0 Å². The summed E-state index contributed by atoms with van der Waals surface area (Å²) in [4.78, 5) is 27.8. The van der Waals surface area contributed by atoms with Crippen molar-refractivity contribution in [3.05, 3.63) is 48.0 Å². The Morgan fingerprint density at radius 2 is 1.90 bits per heavy atom. The molecule has 2 aromatic heterocycles. The highest BCUT2D eigenvalue weighted by Gasteiger charge is 2.27. The molecular formula is C23H30N6O2. The number of para-hydroxylation sites is 2. The van der Waals surface area contributed by atoms with Crippen molar-refractivity contribution in [1.82, 2.24) is 24.4 Å². The van der Waals surface area contributed by atoms with Crippen LogP contribution in [0.2, 0.25) is 0 Å². The van der Waals surface area contributed by atoms with E-state index in [1.54, 1.807) is 17.3 Å². The number of rotatable bonds is 4. The monoisotopic (exact) mass is 422 g/mol. The molecule has 3 aromatic rings. The number of amides is 1. The highest BCUT2D eigenvalue weighted by atomic mass is 16.6. The summed E-state index contributed by atoms with van der Waals surface area (Å²) in [5.41, 5.74) is 3.31. The zero-order valence-corrected chi connectivity index (χ0v) is 18.6. The third kappa shape index (κ3) is 5.13. The Morgan fingerprint density at radius 3 is 2.61 bits per heavy atom. The molecule has 1 saturated heterocycles. The maximum Gasteiger partial charge on any atom is 0.410 e. The van der Waals surface area contributed by atoms with Crippen molar-refractivity contribution in [3.8, 4) is 0 Å². The molecule has 0 saturated carbocycles. The quantitative estimate of drug-likeness (QED) is 0.684. The maximum absolute atomic E-state index is 12.3. The molecule has 1 N–H and O–H groups in total. The smallest absolute Gasteiger partial charge is 0.410 e. The van der Waals surface area contributed by atoms with E-state index in [0.29, 0.717) is 19.6 Å². The van der Waals surface area contributed by atoms with E-state index >= 15 is 0 Å². The molecule has 8 heteroatoms. The molecular weight excluding hydrogens is 392 g/mol. The van der Waals surface area contributed by atoms with Crippen LogP contribution in [0.1, 0.15) is 45.0 Å². The Hall–Kier alpha value is -3.16. The summed E-state index contributed by atoms with van der Waals surface area (Å²) >= 11 is 0. The number of imidazole rings is 1. The van der Waals surface area contributed by atoms with Crippen LogP contribution in [0.5, 0.6) is 0 Å². The normalized spacial score (nSPS) is 15.3. The number of benzene rings is 1. The number of nitrogens with zero attached hydrogens (tertiary/aromatic N) is 5. The highest BCUT2D eigenvalue weighted by Crippen LogP contribution is 2.24. The van der Waals surface area contributed by atoms with Gasteiger partial charge in [0.25, 0.3) is 0 Å². The van der Waals surface area contributed by atoms with Gasteiger partial charge in [-0.25, -0.2) is 9.78 Å². The highest BCUT2D eigenvalue weighted by molar-refractivity contribution is 5.78. The molecule has 4 rings (SSSR count). The molecule has 0 atom stereocenters. The van der Waals surface area contributed by atoms with Gasteiger partial charge in [-0.05, 0) is 52.7 Å². The molecule has 1 aromatic carbocycles. The first kappa shape index (κ1) is 21.1. The molecule has 1 aliphatic heterocycles. The Balaban J connectivity index is 1.48. The summed E-state index contributed by atoms with van der Waals surface area (Å²) in [6, 6.07) is 8.34. The third-order valence-electron chi connectivity index (χ3n) is 5.26. The molecule has 0 unspecified atom stereocenters. The average Bonchev–Trinajstić information content (AvgIpc) is 3.04. The van der Waals surface area contributed by atoms with Crippen LogP contribution in [0, 0.1) is 6.92 Å². The number of ether oxygens (including phenoxy) is 1. The first-order chi connectivity index (χ1) is 14.8. The number of carbonyl (C=O) groups is 1. The summed E-state index contributed by atoms with van der Waals surface area (Å²) in [5, 5.41) is 3.61. The van der Waals surface area contributed by atoms with Gasteiger partial charge in [-0.2, -0.15) is 0 Å². The van der Waals surface area contributed by atoms with Gasteiger partial charge in [0, 0.05) is 25.3 Å². The summed E-state index contributed by atoms with van der Waals surface area (Å²) in [5.74, 6) is 0.820. The van der Waals surface area contributed by atoms with Crippen LogP contribution in [-0.4, -0.2) is 55.2 Å². The Bertz CT molecular complexity index is 1060. The molecule has 1 aliphatic rings. The van der Waals surface area contributed by atoms with Crippen LogP contribution in [0.25, 0.3) is 11.0 Å². The van der Waals surface area contributed by atoms with Gasteiger partial charge in [0.1, 0.15) is 5.60 Å². The van der Waals surface area contributed by atoms with Crippen LogP contribution in [0.3, 0.4) is 0 Å². The SMILES string of the molecule is Cc1cncc(Cn2c(NC3CCN(C(=O)OC(C)(C)C)CC3)nc3ccccc32)n1. The zero-order chi connectivity index (χ0) is 22.0. The first-order valence-electron chi connectivity index (χ1n) is 10.8. The number of carbonyl (C=O) groups excluding carboxylic acids is 1. The van der Waals surface area contributed by atoms with Gasteiger partial charge in [-0.15, -0.1) is 0 Å². The van der Waals surface area contributed by atoms with Crippen molar-refractivity contribution in [3.63, 3.8) is 0 Å². The van der Waals surface area contributed by atoms with Crippen molar-refractivity contribution >= 4 is 23.1 Å². The molecule has 0 bridgehead atoms. The molecule has 1 amide bonds. The number of likely N-dealkylation sites (tertiary alicyclic amines) is 1. The van der Waals surface area contributed by atoms with Gasteiger partial charge in [0.15, 0.2) is 0 Å². The molecule has 0 radical (unpaired) electrons. The topological polar surface area (TPSA) is 85.2 Å². The van der Waals surface area contributed by atoms with E-state index in [4.69, 9.17) is 9.72 Å². The number of aromatic nitrogens is 4. The maximum atomic E-state index is 12.3. The average molecular weight is 423 g/mol. The second-order valence-corrected chi connectivity index (χ2v) is 9.05. The van der Waals surface area contributed by atoms with E-state index in [2.05, 4.69) is 25.9 Å². The number of fused-ring (bicyclic) bond motifs is 1. The fraction of sp³-hybridized carbons (Fsp3) is 0.478. The molecule has 31 heavy (non-hydrogen) atoms. The molecule has 3 heterocycles. The standard InChI is InChI=1S/C23H30N6O2/c1-16-13-24-14-18(25-16)15-29-20-8-6-5-7-19(20)27-21(29)26-17-9-11-28(12-10-17)22(30)31-23(2,3)4/h5-8,13-14,17H,9-12,15H2,1-4H3,(H,26,27). The van der Waals surface area contributed by atoms with Crippen LogP contribution in [0.15, 0.2) is 36.7 Å².